The highest BCUT2D eigenvalue weighted by Gasteiger charge is 2.37. The van der Waals surface area contributed by atoms with Gasteiger partial charge in [-0.1, -0.05) is 39.5 Å². The van der Waals surface area contributed by atoms with E-state index in [0.717, 1.165) is 25.3 Å². The van der Waals surface area contributed by atoms with Crippen LogP contribution in [0.15, 0.2) is 0 Å². The van der Waals surface area contributed by atoms with Gasteiger partial charge in [0.15, 0.2) is 0 Å². The summed E-state index contributed by atoms with van der Waals surface area (Å²) in [7, 11) is 0. The first kappa shape index (κ1) is 15.8. The average molecular weight is 273 g/mol. The molecule has 0 radical (unpaired) electrons. The Balaban J connectivity index is 2.14. The number of carbonyl (C=O) groups excluding carboxylic acids is 1. The van der Waals surface area contributed by atoms with Crippen molar-refractivity contribution in [1.82, 2.24) is 4.90 Å². The number of unbranched alkanes of at least 4 members (excludes halogenated alkanes) is 3. The number of hydrogen-bond donors (Lipinski definition) is 1. The summed E-state index contributed by atoms with van der Waals surface area (Å²) in [5, 5.41) is 9.80. The molecule has 0 aromatic rings. The number of carbonyl (C=O) groups is 1. The predicted molar refractivity (Wildman–Crippen MR) is 77.6 cm³/mol. The van der Waals surface area contributed by atoms with E-state index < -0.39 is 6.23 Å². The Hall–Kier alpha value is -0.220. The summed E-state index contributed by atoms with van der Waals surface area (Å²) in [4.78, 5) is 13.6. The monoisotopic (exact) mass is 273 g/mol. The first-order valence-corrected chi connectivity index (χ1v) is 8.36. The molecule has 2 unspecified atom stereocenters. The van der Waals surface area contributed by atoms with E-state index in [4.69, 9.17) is 0 Å². The minimum Gasteiger partial charge on any atom is -0.373 e. The van der Waals surface area contributed by atoms with Gasteiger partial charge >= 0.3 is 0 Å². The van der Waals surface area contributed by atoms with Gasteiger partial charge in [-0.15, -0.1) is 0 Å². The average Bonchev–Trinajstić information content (AvgIpc) is 2.59. The molecule has 106 valence electrons. The number of aliphatic hydroxyl groups is 1. The molecule has 0 bridgehead atoms. The molecule has 0 aliphatic carbocycles. The third-order valence-electron chi connectivity index (χ3n) is 3.56. The second-order valence-electron chi connectivity index (χ2n) is 5.57. The van der Waals surface area contributed by atoms with Crippen molar-refractivity contribution in [2.24, 2.45) is 5.92 Å². The Bertz CT molecular complexity index is 258. The van der Waals surface area contributed by atoms with Gasteiger partial charge in [0.2, 0.25) is 5.91 Å². The SMILES string of the molecule is CSC1CC(O)N(CCCCCCC(C)C)C1=O. The molecule has 0 aromatic heterocycles. The fourth-order valence-corrected chi connectivity index (χ4v) is 3.10. The van der Waals surface area contributed by atoms with Crippen LogP contribution < -0.4 is 0 Å². The van der Waals surface area contributed by atoms with E-state index in [0.29, 0.717) is 6.42 Å². The normalized spacial score (nSPS) is 24.3. The van der Waals surface area contributed by atoms with Crippen molar-refractivity contribution in [3.63, 3.8) is 0 Å². The lowest BCUT2D eigenvalue weighted by molar-refractivity contribution is -0.132. The molecule has 1 amide bonds. The molecule has 1 heterocycles. The Morgan fingerprint density at radius 2 is 2.00 bits per heavy atom. The zero-order chi connectivity index (χ0) is 13.5. The fourth-order valence-electron chi connectivity index (χ4n) is 2.40. The molecule has 0 spiro atoms. The number of aliphatic hydroxyl groups excluding tert-OH is 1. The van der Waals surface area contributed by atoms with Crippen molar-refractivity contribution in [3.05, 3.63) is 0 Å². The highest BCUT2D eigenvalue weighted by Crippen LogP contribution is 2.26. The summed E-state index contributed by atoms with van der Waals surface area (Å²) in [5.41, 5.74) is 0. The smallest absolute Gasteiger partial charge is 0.237 e. The van der Waals surface area contributed by atoms with Gasteiger partial charge in [0.25, 0.3) is 0 Å². The van der Waals surface area contributed by atoms with Gasteiger partial charge in [-0.25, -0.2) is 0 Å². The van der Waals surface area contributed by atoms with Gasteiger partial charge in [-0.05, 0) is 18.6 Å². The second kappa shape index (κ2) is 8.05. The summed E-state index contributed by atoms with van der Waals surface area (Å²) in [6.45, 7) is 5.22. The minimum atomic E-state index is -0.550. The zero-order valence-electron chi connectivity index (χ0n) is 11.9. The Labute approximate surface area is 115 Å². The summed E-state index contributed by atoms with van der Waals surface area (Å²) >= 11 is 1.55. The van der Waals surface area contributed by atoms with Crippen LogP contribution in [0.1, 0.15) is 52.4 Å². The van der Waals surface area contributed by atoms with Crippen LogP contribution >= 0.6 is 11.8 Å². The van der Waals surface area contributed by atoms with E-state index in [1.807, 2.05) is 6.26 Å². The van der Waals surface area contributed by atoms with E-state index in [9.17, 15) is 9.90 Å². The van der Waals surface area contributed by atoms with E-state index in [-0.39, 0.29) is 11.2 Å². The number of nitrogens with zero attached hydrogens (tertiary/aromatic N) is 1. The van der Waals surface area contributed by atoms with E-state index >= 15 is 0 Å². The van der Waals surface area contributed by atoms with Gasteiger partial charge in [0.05, 0.1) is 5.25 Å². The summed E-state index contributed by atoms with van der Waals surface area (Å²) in [6.07, 6.45) is 7.96. The highest BCUT2D eigenvalue weighted by molar-refractivity contribution is 7.99. The van der Waals surface area contributed by atoms with E-state index in [2.05, 4.69) is 13.8 Å². The molecular formula is C14H27NO2S. The lowest BCUT2D eigenvalue weighted by Crippen LogP contribution is -2.34. The zero-order valence-corrected chi connectivity index (χ0v) is 12.7. The molecule has 2 atom stereocenters. The molecule has 4 heteroatoms. The van der Waals surface area contributed by atoms with Gasteiger partial charge in [-0.3, -0.25) is 4.79 Å². The first-order chi connectivity index (χ1) is 8.56. The molecular weight excluding hydrogens is 246 g/mol. The molecule has 0 aromatic carbocycles. The number of thioether (sulfide) groups is 1. The number of likely N-dealkylation sites (tertiary alicyclic amines) is 1. The molecule has 1 aliphatic heterocycles. The molecule has 0 saturated carbocycles. The van der Waals surface area contributed by atoms with Crippen LogP contribution in [0.5, 0.6) is 0 Å². The Morgan fingerprint density at radius 3 is 2.56 bits per heavy atom. The van der Waals surface area contributed by atoms with Crippen LogP contribution in [-0.4, -0.2) is 40.2 Å². The van der Waals surface area contributed by atoms with Gasteiger partial charge < -0.3 is 10.0 Å². The second-order valence-corrected chi connectivity index (χ2v) is 6.61. The summed E-state index contributed by atoms with van der Waals surface area (Å²) in [6, 6.07) is 0. The molecule has 1 N–H and O–H groups in total. The van der Waals surface area contributed by atoms with Gasteiger partial charge in [0, 0.05) is 13.0 Å². The molecule has 1 rings (SSSR count). The maximum absolute atomic E-state index is 11.9. The molecule has 18 heavy (non-hydrogen) atoms. The van der Waals surface area contributed by atoms with Crippen molar-refractivity contribution >= 4 is 17.7 Å². The predicted octanol–water partition coefficient (Wildman–Crippen LogP) is 2.88. The third kappa shape index (κ3) is 4.81. The summed E-state index contributed by atoms with van der Waals surface area (Å²) < 4.78 is 0. The largest absolute Gasteiger partial charge is 0.373 e. The Morgan fingerprint density at radius 1 is 1.33 bits per heavy atom. The Kier molecular flexibility index (Phi) is 7.08. The fraction of sp³-hybridized carbons (Fsp3) is 0.929. The van der Waals surface area contributed by atoms with Crippen molar-refractivity contribution < 1.29 is 9.90 Å². The van der Waals surface area contributed by atoms with Crippen LogP contribution in [0.25, 0.3) is 0 Å². The quantitative estimate of drug-likeness (QED) is 0.691. The van der Waals surface area contributed by atoms with Crippen LogP contribution in [0.3, 0.4) is 0 Å². The van der Waals surface area contributed by atoms with Gasteiger partial charge in [0.1, 0.15) is 6.23 Å². The molecule has 1 saturated heterocycles. The standard InChI is InChI=1S/C14H27NO2S/c1-11(2)8-6-4-5-7-9-15-13(16)10-12(18-3)14(15)17/h11-13,16H,4-10H2,1-3H3. The lowest BCUT2D eigenvalue weighted by Gasteiger charge is -2.20. The van der Waals surface area contributed by atoms with E-state index in [1.165, 1.54) is 19.3 Å². The summed E-state index contributed by atoms with van der Waals surface area (Å²) in [5.74, 6) is 0.909. The van der Waals surface area contributed by atoms with Crippen molar-refractivity contribution in [3.8, 4) is 0 Å². The topological polar surface area (TPSA) is 40.5 Å². The van der Waals surface area contributed by atoms with E-state index in [1.54, 1.807) is 16.7 Å². The number of hydrogen-bond acceptors (Lipinski definition) is 3. The van der Waals surface area contributed by atoms with Crippen molar-refractivity contribution in [1.29, 1.82) is 0 Å². The van der Waals surface area contributed by atoms with Crippen LogP contribution in [0, 0.1) is 5.92 Å². The number of amides is 1. The maximum Gasteiger partial charge on any atom is 0.237 e. The maximum atomic E-state index is 11.9. The first-order valence-electron chi connectivity index (χ1n) is 7.07. The molecule has 1 aliphatic rings. The lowest BCUT2D eigenvalue weighted by atomic mass is 10.0. The van der Waals surface area contributed by atoms with Crippen LogP contribution in [0.2, 0.25) is 0 Å². The number of rotatable bonds is 8. The molecule has 1 fully saturated rings. The molecule has 3 nitrogen and oxygen atoms in total. The minimum absolute atomic E-state index is 0.0269. The van der Waals surface area contributed by atoms with Crippen molar-refractivity contribution in [2.75, 3.05) is 12.8 Å². The third-order valence-corrected chi connectivity index (χ3v) is 4.52. The van der Waals surface area contributed by atoms with Crippen LogP contribution in [0.4, 0.5) is 0 Å². The highest BCUT2D eigenvalue weighted by atomic mass is 32.2. The van der Waals surface area contributed by atoms with Gasteiger partial charge in [-0.2, -0.15) is 11.8 Å². The van der Waals surface area contributed by atoms with Crippen LogP contribution in [-0.2, 0) is 4.79 Å². The van der Waals surface area contributed by atoms with Crippen molar-refractivity contribution in [2.45, 2.75) is 63.9 Å².